The quantitative estimate of drug-likeness (QED) is 0.490. The van der Waals surface area contributed by atoms with Gasteiger partial charge in [-0.05, 0) is 37.6 Å². The minimum absolute atomic E-state index is 0.407. The monoisotopic (exact) mass is 377 g/mol. The minimum atomic E-state index is -0.407. The molecule has 8 heteroatoms. The van der Waals surface area contributed by atoms with Gasteiger partial charge >= 0.3 is 5.97 Å². The van der Waals surface area contributed by atoms with Gasteiger partial charge in [-0.3, -0.25) is 4.57 Å². The third-order valence-electron chi connectivity index (χ3n) is 3.67. The molecule has 3 rings (SSSR count). The van der Waals surface area contributed by atoms with Crippen LogP contribution in [0.5, 0.6) is 0 Å². The van der Waals surface area contributed by atoms with E-state index in [0.29, 0.717) is 33.0 Å². The molecule has 0 fully saturated rings. The molecule has 3 aromatic rings. The fourth-order valence-corrected chi connectivity index (χ4v) is 3.28. The molecule has 2 aromatic heterocycles. The van der Waals surface area contributed by atoms with Crippen LogP contribution >= 0.6 is 23.4 Å². The number of ether oxygens (including phenoxy) is 1. The van der Waals surface area contributed by atoms with E-state index in [2.05, 4.69) is 10.2 Å². The molecule has 6 nitrogen and oxygen atoms in total. The van der Waals surface area contributed by atoms with Crippen LogP contribution in [0.2, 0.25) is 5.02 Å². The number of aromatic nitrogens is 3. The summed E-state index contributed by atoms with van der Waals surface area (Å²) in [5.74, 6) is 1.31. The van der Waals surface area contributed by atoms with Crippen LogP contribution in [0, 0.1) is 13.8 Å². The third kappa shape index (κ3) is 3.72. The normalized spacial score (nSPS) is 10.9. The van der Waals surface area contributed by atoms with Gasteiger partial charge in [0, 0.05) is 5.02 Å². The number of benzene rings is 1. The highest BCUT2D eigenvalue weighted by atomic mass is 35.5. The lowest BCUT2D eigenvalue weighted by molar-refractivity contribution is 0.0599. The van der Waals surface area contributed by atoms with Crippen LogP contribution < -0.4 is 0 Å². The molecule has 0 spiro atoms. The second-order valence-corrected chi connectivity index (χ2v) is 6.73. The first-order valence-corrected chi connectivity index (χ1v) is 8.83. The molecule has 0 aliphatic rings. The van der Waals surface area contributed by atoms with E-state index in [9.17, 15) is 4.79 Å². The van der Waals surface area contributed by atoms with E-state index in [1.807, 2.05) is 29.7 Å². The first-order chi connectivity index (χ1) is 12.0. The molecule has 0 aliphatic carbocycles. The third-order valence-corrected chi connectivity index (χ3v) is 5.04. The van der Waals surface area contributed by atoms with Crippen molar-refractivity contribution in [3.8, 4) is 5.69 Å². The number of halogens is 1. The van der Waals surface area contributed by atoms with Gasteiger partial charge in [0.15, 0.2) is 5.16 Å². The Bertz CT molecular complexity index is 920. The summed E-state index contributed by atoms with van der Waals surface area (Å²) in [6.45, 7) is 3.68. The Morgan fingerprint density at radius 2 is 2.16 bits per heavy atom. The van der Waals surface area contributed by atoms with Crippen LogP contribution in [0.25, 0.3) is 5.69 Å². The van der Waals surface area contributed by atoms with Crippen molar-refractivity contribution in [2.45, 2.75) is 24.8 Å². The Balaban J connectivity index is 1.78. The largest absolute Gasteiger partial charge is 0.465 e. The van der Waals surface area contributed by atoms with Gasteiger partial charge < -0.3 is 9.15 Å². The Morgan fingerprint density at radius 3 is 2.88 bits per heavy atom. The number of carbonyl (C=O) groups excluding carboxylic acids is 1. The van der Waals surface area contributed by atoms with E-state index in [-0.39, 0.29) is 0 Å². The van der Waals surface area contributed by atoms with E-state index in [4.69, 9.17) is 20.8 Å². The summed E-state index contributed by atoms with van der Waals surface area (Å²) >= 11 is 7.65. The molecule has 0 saturated carbocycles. The number of hydrogen-bond acceptors (Lipinski definition) is 6. The Hall–Kier alpha value is -2.25. The molecule has 0 atom stereocenters. The van der Waals surface area contributed by atoms with E-state index in [1.54, 1.807) is 19.3 Å². The predicted molar refractivity (Wildman–Crippen MR) is 95.5 cm³/mol. The molecule has 0 amide bonds. The molecule has 2 heterocycles. The molecule has 0 N–H and O–H groups in total. The molecule has 0 radical (unpaired) electrons. The van der Waals surface area contributed by atoms with Crippen molar-refractivity contribution in [3.63, 3.8) is 0 Å². The number of hydrogen-bond donors (Lipinski definition) is 0. The zero-order valence-corrected chi connectivity index (χ0v) is 15.5. The molecule has 25 heavy (non-hydrogen) atoms. The highest BCUT2D eigenvalue weighted by molar-refractivity contribution is 7.98. The predicted octanol–water partition coefficient (Wildman–Crippen LogP) is 4.21. The molecular formula is C17H16ClN3O3S. The zero-order valence-electron chi connectivity index (χ0n) is 13.9. The smallest absolute Gasteiger partial charge is 0.341 e. The first kappa shape index (κ1) is 17.6. The average Bonchev–Trinajstić information content (AvgIpc) is 3.21. The maximum atomic E-state index is 11.7. The summed E-state index contributed by atoms with van der Waals surface area (Å²) in [5.41, 5.74) is 2.33. The maximum absolute atomic E-state index is 11.7. The van der Waals surface area contributed by atoms with E-state index in [1.165, 1.54) is 18.9 Å². The number of rotatable bonds is 5. The molecule has 0 bridgehead atoms. The number of carbonyl (C=O) groups is 1. The molecule has 0 saturated heterocycles. The van der Waals surface area contributed by atoms with Crippen LogP contribution in [-0.2, 0) is 10.5 Å². The Morgan fingerprint density at radius 1 is 1.36 bits per heavy atom. The van der Waals surface area contributed by atoms with Gasteiger partial charge in [0.1, 0.15) is 23.4 Å². The van der Waals surface area contributed by atoms with Crippen molar-refractivity contribution in [3.05, 3.63) is 58.3 Å². The SMILES string of the molecule is COC(=O)c1cc(CSc2nncn2-c2ccc(C)c(Cl)c2)oc1C. The van der Waals surface area contributed by atoms with Crippen LogP contribution in [0.3, 0.4) is 0 Å². The highest BCUT2D eigenvalue weighted by Gasteiger charge is 2.16. The second kappa shape index (κ2) is 7.33. The molecule has 1 aromatic carbocycles. The fourth-order valence-electron chi connectivity index (χ4n) is 2.29. The zero-order chi connectivity index (χ0) is 18.0. The summed E-state index contributed by atoms with van der Waals surface area (Å²) in [6.07, 6.45) is 1.64. The molecule has 130 valence electrons. The number of thioether (sulfide) groups is 1. The standard InChI is InChI=1S/C17H16ClN3O3S/c1-10-4-5-12(6-15(10)18)21-9-19-20-17(21)25-8-13-7-14(11(2)24-13)16(22)23-3/h4-7,9H,8H2,1-3H3. The van der Waals surface area contributed by atoms with Crippen LogP contribution in [0.1, 0.15) is 27.4 Å². The lowest BCUT2D eigenvalue weighted by Crippen LogP contribution is -2.00. The van der Waals surface area contributed by atoms with Gasteiger partial charge in [-0.2, -0.15) is 0 Å². The number of methoxy groups -OCH3 is 1. The fraction of sp³-hybridized carbons (Fsp3) is 0.235. The van der Waals surface area contributed by atoms with Gasteiger partial charge in [0.25, 0.3) is 0 Å². The lowest BCUT2D eigenvalue weighted by Gasteiger charge is -2.07. The van der Waals surface area contributed by atoms with Crippen molar-refractivity contribution in [2.75, 3.05) is 7.11 Å². The van der Waals surface area contributed by atoms with Crippen molar-refractivity contribution >= 4 is 29.3 Å². The maximum Gasteiger partial charge on any atom is 0.341 e. The Labute approximate surface area is 154 Å². The van der Waals surface area contributed by atoms with Crippen LogP contribution in [0.4, 0.5) is 0 Å². The topological polar surface area (TPSA) is 70.2 Å². The summed E-state index contributed by atoms with van der Waals surface area (Å²) in [4.78, 5) is 11.7. The Kier molecular flexibility index (Phi) is 5.15. The van der Waals surface area contributed by atoms with E-state index < -0.39 is 5.97 Å². The van der Waals surface area contributed by atoms with Crippen molar-refractivity contribution in [1.29, 1.82) is 0 Å². The summed E-state index contributed by atoms with van der Waals surface area (Å²) in [6, 6.07) is 7.47. The molecule has 0 unspecified atom stereocenters. The highest BCUT2D eigenvalue weighted by Crippen LogP contribution is 2.27. The molecular weight excluding hydrogens is 362 g/mol. The van der Waals surface area contributed by atoms with Gasteiger partial charge in [0.05, 0.1) is 18.6 Å². The van der Waals surface area contributed by atoms with E-state index in [0.717, 1.165) is 11.3 Å². The minimum Gasteiger partial charge on any atom is -0.465 e. The second-order valence-electron chi connectivity index (χ2n) is 5.38. The van der Waals surface area contributed by atoms with Crippen molar-refractivity contribution < 1.29 is 13.9 Å². The van der Waals surface area contributed by atoms with E-state index >= 15 is 0 Å². The van der Waals surface area contributed by atoms with Gasteiger partial charge in [-0.1, -0.05) is 29.4 Å². The van der Waals surface area contributed by atoms with Gasteiger partial charge in [-0.25, -0.2) is 4.79 Å². The summed E-state index contributed by atoms with van der Waals surface area (Å²) in [5, 5.41) is 9.50. The number of furan rings is 1. The summed E-state index contributed by atoms with van der Waals surface area (Å²) < 4.78 is 12.2. The van der Waals surface area contributed by atoms with Gasteiger partial charge in [-0.15, -0.1) is 10.2 Å². The van der Waals surface area contributed by atoms with Crippen LogP contribution in [0.15, 0.2) is 40.2 Å². The van der Waals surface area contributed by atoms with Gasteiger partial charge in [0.2, 0.25) is 0 Å². The van der Waals surface area contributed by atoms with Crippen molar-refractivity contribution in [1.82, 2.24) is 14.8 Å². The summed E-state index contributed by atoms with van der Waals surface area (Å²) in [7, 11) is 1.35. The lowest BCUT2D eigenvalue weighted by atomic mass is 10.2. The van der Waals surface area contributed by atoms with Crippen molar-refractivity contribution in [2.24, 2.45) is 0 Å². The number of nitrogens with zero attached hydrogens (tertiary/aromatic N) is 3. The number of esters is 1. The average molecular weight is 378 g/mol. The number of aryl methyl sites for hydroxylation is 2. The van der Waals surface area contributed by atoms with Crippen LogP contribution in [-0.4, -0.2) is 27.8 Å². The first-order valence-electron chi connectivity index (χ1n) is 7.46. The molecule has 0 aliphatic heterocycles.